The van der Waals surface area contributed by atoms with E-state index in [0.717, 1.165) is 58.7 Å². The number of hydrogen-bond acceptors (Lipinski definition) is 8. The smallest absolute Gasteiger partial charge is 0.410 e. The summed E-state index contributed by atoms with van der Waals surface area (Å²) >= 11 is 1.52. The highest BCUT2D eigenvalue weighted by atomic mass is 32.1. The van der Waals surface area contributed by atoms with Crippen LogP contribution in [0.3, 0.4) is 0 Å². The Morgan fingerprint density at radius 3 is 2.00 bits per heavy atom. The molecule has 1 aromatic heterocycles. The lowest BCUT2D eigenvalue weighted by molar-refractivity contribution is -0.114. The van der Waals surface area contributed by atoms with Gasteiger partial charge in [-0.05, 0) is 72.1 Å². The van der Waals surface area contributed by atoms with Crippen LogP contribution in [0.1, 0.15) is 64.6 Å². The lowest BCUT2D eigenvalue weighted by Crippen LogP contribution is -2.66. The molecule has 2 heterocycles. The van der Waals surface area contributed by atoms with Crippen LogP contribution in [0.15, 0.2) is 24.3 Å². The maximum atomic E-state index is 12.4. The molecular weight excluding hydrogens is 558 g/mol. The lowest BCUT2D eigenvalue weighted by Gasteiger charge is -2.48. The molecule has 1 aliphatic heterocycles. The van der Waals surface area contributed by atoms with Crippen LogP contribution in [-0.4, -0.2) is 91.5 Å². The van der Waals surface area contributed by atoms with Crippen molar-refractivity contribution in [2.24, 2.45) is 0 Å². The average Bonchev–Trinajstić information content (AvgIpc) is 3.22. The number of carbonyl (C=O) groups excluding carboxylic acids is 1. The Bertz CT molecular complexity index is 1200. The molecule has 0 bridgehead atoms. The third-order valence-electron chi connectivity index (χ3n) is 6.88. The number of amides is 3. The topological polar surface area (TPSA) is 150 Å². The zero-order valence-corrected chi connectivity index (χ0v) is 26.5. The second-order valence-corrected chi connectivity index (χ2v) is 13.5. The van der Waals surface area contributed by atoms with Crippen LogP contribution in [0.25, 0.3) is 0 Å². The molecule has 12 nitrogen and oxygen atoms in total. The first-order valence-electron chi connectivity index (χ1n) is 14.2. The van der Waals surface area contributed by atoms with Crippen molar-refractivity contribution in [1.82, 2.24) is 25.0 Å². The number of anilines is 2. The number of carboxylic acid groups (broad SMARTS) is 2. The molecule has 0 aliphatic carbocycles. The number of piperazine rings is 1. The molecule has 0 radical (unpaired) electrons. The zero-order valence-electron chi connectivity index (χ0n) is 25.7. The van der Waals surface area contributed by atoms with Crippen molar-refractivity contribution < 1.29 is 24.6 Å². The van der Waals surface area contributed by atoms with E-state index in [2.05, 4.69) is 20.9 Å². The molecule has 5 N–H and O–H groups in total. The molecular formula is C29H45N7O5S. The molecule has 1 aliphatic rings. The van der Waals surface area contributed by atoms with Crippen molar-refractivity contribution in [3.8, 4) is 0 Å². The Hall–Kier alpha value is -3.42. The zero-order chi connectivity index (χ0) is 31.2. The standard InChI is InChI=1S/C29H45N7O5S/c1-19(37)31-24-33-22(23(42-24)18-34-16-14-30-15-17-34)13-10-20-8-11-21(12-9-20)32-25(35(26(38)39)28(2,3)4)36(27(40)41)29(5,6)7/h8-9,11-12,25,30,32H,10,13-18H2,1-7H3,(H,38,39)(H,40,41)(H,31,33,37). The first kappa shape index (κ1) is 33.1. The van der Waals surface area contributed by atoms with Crippen molar-refractivity contribution in [1.29, 1.82) is 0 Å². The van der Waals surface area contributed by atoms with Gasteiger partial charge in [0.1, 0.15) is 0 Å². The van der Waals surface area contributed by atoms with E-state index in [1.54, 1.807) is 41.5 Å². The number of rotatable bonds is 10. The number of carbonyl (C=O) groups is 3. The number of thiazole rings is 1. The quantitative estimate of drug-likeness (QED) is 0.247. The highest BCUT2D eigenvalue weighted by Gasteiger charge is 2.43. The highest BCUT2D eigenvalue weighted by molar-refractivity contribution is 7.15. The molecule has 13 heteroatoms. The molecule has 1 fully saturated rings. The monoisotopic (exact) mass is 603 g/mol. The van der Waals surface area contributed by atoms with Gasteiger partial charge < -0.3 is 26.2 Å². The van der Waals surface area contributed by atoms with E-state index >= 15 is 0 Å². The van der Waals surface area contributed by atoms with Gasteiger partial charge in [0.2, 0.25) is 5.91 Å². The van der Waals surface area contributed by atoms with Gasteiger partial charge in [0, 0.05) is 61.3 Å². The highest BCUT2D eigenvalue weighted by Crippen LogP contribution is 2.29. The summed E-state index contributed by atoms with van der Waals surface area (Å²) in [7, 11) is 0. The predicted molar refractivity (Wildman–Crippen MR) is 165 cm³/mol. The number of hydrogen-bond donors (Lipinski definition) is 5. The van der Waals surface area contributed by atoms with Gasteiger partial charge in [0.05, 0.1) is 5.69 Å². The molecule has 1 saturated heterocycles. The Balaban J connectivity index is 1.80. The molecule has 1 aromatic carbocycles. The summed E-state index contributed by atoms with van der Waals surface area (Å²) in [5.41, 5.74) is 0.851. The third-order valence-corrected chi connectivity index (χ3v) is 7.88. The Kier molecular flexibility index (Phi) is 10.8. The summed E-state index contributed by atoms with van der Waals surface area (Å²) in [5, 5.41) is 30.1. The minimum absolute atomic E-state index is 0.147. The predicted octanol–water partition coefficient (Wildman–Crippen LogP) is 4.54. The fraction of sp³-hybridized carbons (Fsp3) is 0.586. The van der Waals surface area contributed by atoms with E-state index in [-0.39, 0.29) is 5.91 Å². The minimum atomic E-state index is -1.23. The Morgan fingerprint density at radius 1 is 0.976 bits per heavy atom. The first-order chi connectivity index (χ1) is 19.6. The molecule has 0 spiro atoms. The summed E-state index contributed by atoms with van der Waals surface area (Å²) in [6.45, 7) is 16.5. The average molecular weight is 604 g/mol. The number of nitrogens with one attached hydrogen (secondary N) is 3. The molecule has 3 amide bonds. The van der Waals surface area contributed by atoms with E-state index in [0.29, 0.717) is 23.7 Å². The van der Waals surface area contributed by atoms with Crippen molar-refractivity contribution in [3.63, 3.8) is 0 Å². The maximum Gasteiger partial charge on any atom is 0.410 e. The van der Waals surface area contributed by atoms with Gasteiger partial charge in [-0.1, -0.05) is 12.1 Å². The van der Waals surface area contributed by atoms with Crippen molar-refractivity contribution >= 4 is 40.2 Å². The van der Waals surface area contributed by atoms with Crippen molar-refractivity contribution in [2.45, 2.75) is 85.2 Å². The second-order valence-electron chi connectivity index (χ2n) is 12.5. The largest absolute Gasteiger partial charge is 0.465 e. The first-order valence-corrected chi connectivity index (χ1v) is 15.0. The van der Waals surface area contributed by atoms with Gasteiger partial charge in [-0.2, -0.15) is 0 Å². The Morgan fingerprint density at radius 2 is 1.52 bits per heavy atom. The summed E-state index contributed by atoms with van der Waals surface area (Å²) < 4.78 is 0. The van der Waals surface area contributed by atoms with Gasteiger partial charge in [0.15, 0.2) is 11.4 Å². The number of benzene rings is 1. The molecule has 42 heavy (non-hydrogen) atoms. The van der Waals surface area contributed by atoms with Crippen LogP contribution in [-0.2, 0) is 24.2 Å². The Labute approximate surface area is 252 Å². The summed E-state index contributed by atoms with van der Waals surface area (Å²) in [6, 6.07) is 7.56. The third kappa shape index (κ3) is 9.04. The van der Waals surface area contributed by atoms with Crippen LogP contribution >= 0.6 is 11.3 Å². The second kappa shape index (κ2) is 13.7. The molecule has 2 aromatic rings. The van der Waals surface area contributed by atoms with Crippen LogP contribution in [0, 0.1) is 0 Å². The van der Waals surface area contributed by atoms with Crippen molar-refractivity contribution in [3.05, 3.63) is 40.4 Å². The lowest BCUT2D eigenvalue weighted by atomic mass is 10.0. The molecule has 0 atom stereocenters. The summed E-state index contributed by atoms with van der Waals surface area (Å²) in [4.78, 5) is 46.8. The molecule has 3 rings (SSSR count). The summed E-state index contributed by atoms with van der Waals surface area (Å²) in [6.07, 6.45) is -2.22. The maximum absolute atomic E-state index is 12.4. The van der Waals surface area contributed by atoms with Gasteiger partial charge in [-0.3, -0.25) is 19.5 Å². The normalized spacial score (nSPS) is 14.5. The van der Waals surface area contributed by atoms with Crippen LogP contribution in [0.5, 0.6) is 0 Å². The van der Waals surface area contributed by atoms with Crippen molar-refractivity contribution in [2.75, 3.05) is 36.8 Å². The van der Waals surface area contributed by atoms with Gasteiger partial charge >= 0.3 is 12.2 Å². The van der Waals surface area contributed by atoms with Crippen LogP contribution in [0.4, 0.5) is 20.4 Å². The van der Waals surface area contributed by atoms with Crippen LogP contribution in [0.2, 0.25) is 0 Å². The van der Waals surface area contributed by atoms with E-state index in [1.165, 1.54) is 18.3 Å². The van der Waals surface area contributed by atoms with E-state index in [4.69, 9.17) is 4.98 Å². The van der Waals surface area contributed by atoms with E-state index in [9.17, 15) is 24.6 Å². The molecule has 0 unspecified atom stereocenters. The van der Waals surface area contributed by atoms with E-state index in [1.807, 2.05) is 24.3 Å². The van der Waals surface area contributed by atoms with Crippen LogP contribution < -0.4 is 16.0 Å². The fourth-order valence-corrected chi connectivity index (χ4v) is 6.02. The van der Waals surface area contributed by atoms with Gasteiger partial charge in [-0.15, -0.1) is 11.3 Å². The molecule has 232 valence electrons. The van der Waals surface area contributed by atoms with Gasteiger partial charge in [0.25, 0.3) is 0 Å². The fourth-order valence-electron chi connectivity index (χ4n) is 4.92. The van der Waals surface area contributed by atoms with E-state index < -0.39 is 29.6 Å². The van der Waals surface area contributed by atoms with Gasteiger partial charge in [-0.25, -0.2) is 14.6 Å². The molecule has 0 saturated carbocycles. The number of nitrogens with zero attached hydrogens (tertiary/aromatic N) is 4. The minimum Gasteiger partial charge on any atom is -0.465 e. The SMILES string of the molecule is CC(=O)Nc1nc(CCc2ccc(NC(N(C(=O)O)C(C)(C)C)N(C(=O)O)C(C)(C)C)cc2)c(CN2CCNCC2)s1. The number of aryl methyl sites for hydroxylation is 2. The summed E-state index contributed by atoms with van der Waals surface area (Å²) in [5.74, 6) is -0.147. The number of aromatic nitrogens is 1.